The lowest BCUT2D eigenvalue weighted by molar-refractivity contribution is -0.143. The third-order valence-electron chi connectivity index (χ3n) is 2.51. The maximum Gasteiger partial charge on any atom is 0.329 e. The third-order valence-corrected chi connectivity index (χ3v) is 2.51. The molecule has 1 aromatic rings. The maximum atomic E-state index is 10.3. The number of ether oxygens (including phenoxy) is 1. The summed E-state index contributed by atoms with van der Waals surface area (Å²) in [6.45, 7) is 3.92. The second-order valence-electron chi connectivity index (χ2n) is 4.76. The van der Waals surface area contributed by atoms with Crippen LogP contribution in [0.1, 0.15) is 31.1 Å². The van der Waals surface area contributed by atoms with E-state index >= 15 is 0 Å². The van der Waals surface area contributed by atoms with Crippen LogP contribution in [0, 0.1) is 5.92 Å². The molecule has 18 heavy (non-hydrogen) atoms. The van der Waals surface area contributed by atoms with Gasteiger partial charge in [-0.15, -0.1) is 0 Å². The lowest BCUT2D eigenvalue weighted by Gasteiger charge is -2.12. The van der Waals surface area contributed by atoms with Crippen molar-refractivity contribution in [3.8, 4) is 0 Å². The quantitative estimate of drug-likeness (QED) is 0.779. The highest BCUT2D eigenvalue weighted by atomic mass is 16.5. The number of hydrogen-bond acceptors (Lipinski definition) is 3. The lowest BCUT2D eigenvalue weighted by Crippen LogP contribution is -2.13. The van der Waals surface area contributed by atoms with Gasteiger partial charge in [-0.1, -0.05) is 38.1 Å². The monoisotopic (exact) mass is 252 g/mol. The molecule has 1 aromatic carbocycles. The number of hydrogen-bond donors (Lipinski definition) is 2. The van der Waals surface area contributed by atoms with Crippen LogP contribution in [0.2, 0.25) is 0 Å². The van der Waals surface area contributed by atoms with Crippen molar-refractivity contribution in [3.63, 3.8) is 0 Å². The van der Waals surface area contributed by atoms with Crippen LogP contribution in [0.5, 0.6) is 0 Å². The van der Waals surface area contributed by atoms with Crippen LogP contribution in [0.4, 0.5) is 0 Å². The van der Waals surface area contributed by atoms with E-state index in [1.54, 1.807) is 0 Å². The standard InChI is InChI=1S/C14H20O4/c1-10(2)7-11-3-5-12(6-4-11)13(15)8-18-9-14(16)17/h3-6,10,13,15H,7-9H2,1-2H3,(H,16,17). The number of carbonyl (C=O) groups is 1. The predicted octanol–water partition coefficient (Wildman–Crippen LogP) is 2.02. The summed E-state index contributed by atoms with van der Waals surface area (Å²) < 4.78 is 4.86. The molecule has 0 heterocycles. The van der Waals surface area contributed by atoms with E-state index in [4.69, 9.17) is 9.84 Å². The van der Waals surface area contributed by atoms with E-state index in [9.17, 15) is 9.90 Å². The number of aliphatic hydroxyl groups excluding tert-OH is 1. The first kappa shape index (κ1) is 14.7. The average molecular weight is 252 g/mol. The summed E-state index contributed by atoms with van der Waals surface area (Å²) in [5, 5.41) is 18.2. The van der Waals surface area contributed by atoms with Gasteiger partial charge in [-0.25, -0.2) is 4.79 Å². The Morgan fingerprint density at radius 3 is 2.39 bits per heavy atom. The Balaban J connectivity index is 2.48. The van der Waals surface area contributed by atoms with Crippen LogP contribution in [-0.2, 0) is 16.0 Å². The van der Waals surface area contributed by atoms with Crippen molar-refractivity contribution in [1.82, 2.24) is 0 Å². The van der Waals surface area contributed by atoms with Gasteiger partial charge in [0.1, 0.15) is 12.7 Å². The summed E-state index contributed by atoms with van der Waals surface area (Å²) in [6, 6.07) is 7.67. The zero-order chi connectivity index (χ0) is 13.5. The summed E-state index contributed by atoms with van der Waals surface area (Å²) in [4.78, 5) is 10.3. The molecule has 1 rings (SSSR count). The number of aliphatic carboxylic acids is 1. The molecule has 0 aliphatic carbocycles. The molecule has 0 bridgehead atoms. The van der Waals surface area contributed by atoms with E-state index in [1.165, 1.54) is 5.56 Å². The van der Waals surface area contributed by atoms with Gasteiger partial charge in [0.15, 0.2) is 0 Å². The molecule has 0 aromatic heterocycles. The molecular formula is C14H20O4. The van der Waals surface area contributed by atoms with Gasteiger partial charge >= 0.3 is 5.97 Å². The van der Waals surface area contributed by atoms with Crippen molar-refractivity contribution >= 4 is 5.97 Å². The molecule has 100 valence electrons. The number of carboxylic acids is 1. The summed E-state index contributed by atoms with van der Waals surface area (Å²) in [7, 11) is 0. The SMILES string of the molecule is CC(C)Cc1ccc(C(O)COCC(=O)O)cc1. The first-order valence-electron chi connectivity index (χ1n) is 6.05. The molecule has 2 N–H and O–H groups in total. The Hall–Kier alpha value is -1.39. The van der Waals surface area contributed by atoms with Crippen molar-refractivity contribution in [2.75, 3.05) is 13.2 Å². The van der Waals surface area contributed by atoms with Gasteiger partial charge in [-0.05, 0) is 23.5 Å². The number of benzene rings is 1. The second-order valence-corrected chi connectivity index (χ2v) is 4.76. The first-order chi connectivity index (χ1) is 8.49. The van der Waals surface area contributed by atoms with Crippen molar-refractivity contribution in [2.45, 2.75) is 26.4 Å². The molecule has 0 saturated carbocycles. The summed E-state index contributed by atoms with van der Waals surface area (Å²) >= 11 is 0. The van der Waals surface area contributed by atoms with Gasteiger partial charge in [-0.2, -0.15) is 0 Å². The van der Waals surface area contributed by atoms with Crippen molar-refractivity contribution in [1.29, 1.82) is 0 Å². The van der Waals surface area contributed by atoms with Gasteiger partial charge < -0.3 is 14.9 Å². The molecule has 4 nitrogen and oxygen atoms in total. The first-order valence-corrected chi connectivity index (χ1v) is 6.05. The largest absolute Gasteiger partial charge is 0.480 e. The molecule has 1 atom stereocenters. The van der Waals surface area contributed by atoms with Crippen LogP contribution in [0.3, 0.4) is 0 Å². The molecular weight excluding hydrogens is 232 g/mol. The van der Waals surface area contributed by atoms with Gasteiger partial charge in [0, 0.05) is 0 Å². The van der Waals surface area contributed by atoms with E-state index in [0.29, 0.717) is 5.92 Å². The zero-order valence-electron chi connectivity index (χ0n) is 10.8. The van der Waals surface area contributed by atoms with Gasteiger partial charge in [0.25, 0.3) is 0 Å². The van der Waals surface area contributed by atoms with E-state index in [2.05, 4.69) is 13.8 Å². The number of rotatable bonds is 7. The molecule has 0 radical (unpaired) electrons. The van der Waals surface area contributed by atoms with Crippen molar-refractivity contribution in [2.24, 2.45) is 5.92 Å². The average Bonchev–Trinajstić information content (AvgIpc) is 2.28. The minimum Gasteiger partial charge on any atom is -0.480 e. The Kier molecular flexibility index (Phi) is 5.82. The fraction of sp³-hybridized carbons (Fsp3) is 0.500. The number of carboxylic acid groups (broad SMARTS) is 1. The molecule has 0 fully saturated rings. The normalized spacial score (nSPS) is 12.7. The maximum absolute atomic E-state index is 10.3. The van der Waals surface area contributed by atoms with E-state index < -0.39 is 12.1 Å². The van der Waals surface area contributed by atoms with Crippen molar-refractivity contribution in [3.05, 3.63) is 35.4 Å². The summed E-state index contributed by atoms with van der Waals surface area (Å²) in [6.07, 6.45) is 0.226. The Bertz CT molecular complexity index is 370. The van der Waals surface area contributed by atoms with E-state index in [1.807, 2.05) is 24.3 Å². The zero-order valence-corrected chi connectivity index (χ0v) is 10.8. The fourth-order valence-corrected chi connectivity index (χ4v) is 1.70. The van der Waals surface area contributed by atoms with E-state index in [0.717, 1.165) is 12.0 Å². The highest BCUT2D eigenvalue weighted by Crippen LogP contribution is 2.16. The van der Waals surface area contributed by atoms with Crippen LogP contribution in [0.25, 0.3) is 0 Å². The molecule has 4 heteroatoms. The lowest BCUT2D eigenvalue weighted by atomic mass is 10.0. The smallest absolute Gasteiger partial charge is 0.329 e. The van der Waals surface area contributed by atoms with Gasteiger partial charge in [-0.3, -0.25) is 0 Å². The van der Waals surface area contributed by atoms with Crippen LogP contribution in [0.15, 0.2) is 24.3 Å². The predicted molar refractivity (Wildman–Crippen MR) is 68.4 cm³/mol. The Morgan fingerprint density at radius 2 is 1.89 bits per heavy atom. The molecule has 0 spiro atoms. The highest BCUT2D eigenvalue weighted by molar-refractivity contribution is 5.67. The summed E-state index contributed by atoms with van der Waals surface area (Å²) in [5.74, 6) is -0.436. The number of aliphatic hydroxyl groups is 1. The Morgan fingerprint density at radius 1 is 1.28 bits per heavy atom. The molecule has 0 aliphatic rings. The second kappa shape index (κ2) is 7.13. The minimum absolute atomic E-state index is 0.00414. The van der Waals surface area contributed by atoms with Crippen LogP contribution in [-0.4, -0.2) is 29.4 Å². The van der Waals surface area contributed by atoms with Crippen LogP contribution < -0.4 is 0 Å². The topological polar surface area (TPSA) is 66.8 Å². The third kappa shape index (κ3) is 5.29. The summed E-state index contributed by atoms with van der Waals surface area (Å²) in [5.41, 5.74) is 1.97. The van der Waals surface area contributed by atoms with Crippen molar-refractivity contribution < 1.29 is 19.7 Å². The van der Waals surface area contributed by atoms with Gasteiger partial charge in [0.2, 0.25) is 0 Å². The van der Waals surface area contributed by atoms with Gasteiger partial charge in [0.05, 0.1) is 6.61 Å². The van der Waals surface area contributed by atoms with E-state index in [-0.39, 0.29) is 13.2 Å². The minimum atomic E-state index is -1.03. The highest BCUT2D eigenvalue weighted by Gasteiger charge is 2.09. The molecule has 0 saturated heterocycles. The molecule has 0 aliphatic heterocycles. The Labute approximate surface area is 107 Å². The molecule has 0 amide bonds. The molecule has 1 unspecified atom stereocenters. The fourth-order valence-electron chi connectivity index (χ4n) is 1.70. The van der Waals surface area contributed by atoms with Crippen LogP contribution >= 0.6 is 0 Å².